The number of nitriles is 2. The average molecular weight is 363 g/mol. The molecule has 6 nitrogen and oxygen atoms in total. The number of esters is 1. The Kier molecular flexibility index (Phi) is 4.15. The van der Waals surface area contributed by atoms with Gasteiger partial charge in [0, 0.05) is 6.20 Å². The highest BCUT2D eigenvalue weighted by Crippen LogP contribution is 2.29. The van der Waals surface area contributed by atoms with E-state index in [2.05, 4.69) is 20.7 Å². The van der Waals surface area contributed by atoms with Crippen molar-refractivity contribution in [3.63, 3.8) is 0 Å². The lowest BCUT2D eigenvalue weighted by molar-refractivity contribution is 0.0593. The van der Waals surface area contributed by atoms with Gasteiger partial charge in [-0.1, -0.05) is 0 Å². The van der Waals surface area contributed by atoms with Gasteiger partial charge in [0.05, 0.1) is 34.1 Å². The van der Waals surface area contributed by atoms with Gasteiger partial charge in [0.15, 0.2) is 5.69 Å². The second kappa shape index (κ2) is 5.88. The van der Waals surface area contributed by atoms with Gasteiger partial charge in [0.2, 0.25) is 0 Å². The molecule has 0 amide bonds. The second-order valence-corrected chi connectivity index (χ2v) is 5.03. The number of hydrogen-bond donors (Lipinski definition) is 1. The zero-order chi connectivity index (χ0) is 16.4. The van der Waals surface area contributed by atoms with Crippen molar-refractivity contribution in [1.82, 2.24) is 4.57 Å². The van der Waals surface area contributed by atoms with Gasteiger partial charge in [-0.05, 0) is 28.1 Å². The second-order valence-electron chi connectivity index (χ2n) is 4.17. The first-order valence-corrected chi connectivity index (χ1v) is 6.62. The number of nitrogens with two attached hydrogens (primary N) is 1. The average Bonchev–Trinajstić information content (AvgIpc) is 2.85. The van der Waals surface area contributed by atoms with E-state index in [0.29, 0.717) is 0 Å². The van der Waals surface area contributed by atoms with Crippen molar-refractivity contribution in [2.24, 2.45) is 0 Å². The summed E-state index contributed by atoms with van der Waals surface area (Å²) in [5.41, 5.74) is 5.82. The Labute approximate surface area is 133 Å². The van der Waals surface area contributed by atoms with Crippen molar-refractivity contribution in [2.45, 2.75) is 0 Å². The van der Waals surface area contributed by atoms with Crippen molar-refractivity contribution >= 4 is 27.6 Å². The number of carbonyl (C=O) groups excluding carboxylic acids is 1. The van der Waals surface area contributed by atoms with Gasteiger partial charge in [0.25, 0.3) is 0 Å². The Morgan fingerprint density at radius 1 is 1.36 bits per heavy atom. The van der Waals surface area contributed by atoms with E-state index in [1.54, 1.807) is 0 Å². The predicted octanol–water partition coefficient (Wildman–Crippen LogP) is 2.49. The molecule has 0 fully saturated rings. The van der Waals surface area contributed by atoms with Gasteiger partial charge in [-0.25, -0.2) is 9.18 Å². The number of methoxy groups -OCH3 is 1. The summed E-state index contributed by atoms with van der Waals surface area (Å²) in [6, 6.07) is 6.02. The molecule has 2 N–H and O–H groups in total. The fourth-order valence-corrected chi connectivity index (χ4v) is 2.26. The summed E-state index contributed by atoms with van der Waals surface area (Å²) in [6.07, 6.45) is 1.29. The van der Waals surface area contributed by atoms with E-state index >= 15 is 0 Å². The number of benzene rings is 1. The number of carbonyl (C=O) groups is 1. The van der Waals surface area contributed by atoms with Crippen molar-refractivity contribution in [1.29, 1.82) is 10.5 Å². The molecule has 0 spiro atoms. The van der Waals surface area contributed by atoms with E-state index in [1.807, 2.05) is 12.1 Å². The molecular formula is C14H8BrFN4O2. The maximum absolute atomic E-state index is 13.6. The van der Waals surface area contributed by atoms with E-state index in [9.17, 15) is 9.18 Å². The Bertz CT molecular complexity index is 861. The van der Waals surface area contributed by atoms with E-state index in [4.69, 9.17) is 16.3 Å². The Hall–Kier alpha value is -2.84. The number of hydrogen-bond acceptors (Lipinski definition) is 5. The minimum absolute atomic E-state index is 0.0228. The normalized spacial score (nSPS) is 9.86. The fourth-order valence-electron chi connectivity index (χ4n) is 1.93. The molecule has 2 aromatic rings. The molecule has 0 radical (unpaired) electrons. The van der Waals surface area contributed by atoms with Crippen LogP contribution in [0.25, 0.3) is 5.69 Å². The van der Waals surface area contributed by atoms with Crippen LogP contribution >= 0.6 is 15.9 Å². The molecule has 0 unspecified atom stereocenters. The zero-order valence-corrected chi connectivity index (χ0v) is 12.8. The quantitative estimate of drug-likeness (QED) is 0.826. The van der Waals surface area contributed by atoms with Crippen molar-refractivity contribution < 1.29 is 13.9 Å². The smallest absolute Gasteiger partial charge is 0.357 e. The van der Waals surface area contributed by atoms with E-state index in [1.165, 1.54) is 16.8 Å². The van der Waals surface area contributed by atoms with Gasteiger partial charge in [-0.15, -0.1) is 0 Å². The number of aromatic nitrogens is 1. The molecule has 0 atom stereocenters. The monoisotopic (exact) mass is 362 g/mol. The first-order chi connectivity index (χ1) is 10.4. The van der Waals surface area contributed by atoms with Gasteiger partial charge in [0.1, 0.15) is 18.0 Å². The summed E-state index contributed by atoms with van der Waals surface area (Å²) in [7, 11) is 1.16. The third-order valence-corrected chi connectivity index (χ3v) is 3.57. The summed E-state index contributed by atoms with van der Waals surface area (Å²) in [6.45, 7) is 0. The van der Waals surface area contributed by atoms with Gasteiger partial charge < -0.3 is 15.0 Å². The van der Waals surface area contributed by atoms with Gasteiger partial charge in [-0.2, -0.15) is 10.5 Å². The molecule has 0 saturated heterocycles. The molecular weight excluding hydrogens is 355 g/mol. The summed E-state index contributed by atoms with van der Waals surface area (Å²) in [5, 5.41) is 18.2. The highest BCUT2D eigenvalue weighted by molar-refractivity contribution is 9.10. The largest absolute Gasteiger partial charge is 0.464 e. The van der Waals surface area contributed by atoms with Crippen LogP contribution in [0.5, 0.6) is 0 Å². The van der Waals surface area contributed by atoms with Crippen LogP contribution in [0.15, 0.2) is 22.8 Å². The van der Waals surface area contributed by atoms with Crippen molar-refractivity contribution in [2.75, 3.05) is 12.8 Å². The van der Waals surface area contributed by atoms with Gasteiger partial charge >= 0.3 is 5.97 Å². The van der Waals surface area contributed by atoms with Crippen LogP contribution in [0.2, 0.25) is 0 Å². The first-order valence-electron chi connectivity index (χ1n) is 5.83. The molecule has 0 saturated carbocycles. The van der Waals surface area contributed by atoms with Crippen molar-refractivity contribution in [3.05, 3.63) is 45.4 Å². The van der Waals surface area contributed by atoms with E-state index in [-0.39, 0.29) is 32.7 Å². The number of rotatable bonds is 2. The molecule has 0 aliphatic carbocycles. The molecule has 2 rings (SSSR count). The molecule has 0 aliphatic rings. The Balaban J connectivity index is 2.84. The number of nitrogens with zero attached hydrogens (tertiary/aromatic N) is 3. The molecule has 0 bridgehead atoms. The molecule has 8 heteroatoms. The molecule has 1 aromatic heterocycles. The fraction of sp³-hybridized carbons (Fsp3) is 0.0714. The molecule has 1 aromatic carbocycles. The number of nitrogen functional groups attached to an aromatic ring is 1. The summed E-state index contributed by atoms with van der Waals surface area (Å²) < 4.78 is 19.5. The third-order valence-electron chi connectivity index (χ3n) is 2.96. The standard InChI is InChI=1S/C14H8BrFN4O2/c1-22-14(21)13-12(19)8(5-18)6-20(13)11-3-9(15)10(16)2-7(11)4-17/h2-3,6H,19H2,1H3. The topological polar surface area (TPSA) is 105 Å². The van der Waals surface area contributed by atoms with E-state index < -0.39 is 11.8 Å². The van der Waals surface area contributed by atoms with Crippen molar-refractivity contribution in [3.8, 4) is 17.8 Å². The summed E-state index contributed by atoms with van der Waals surface area (Å²) >= 11 is 3.02. The predicted molar refractivity (Wildman–Crippen MR) is 78.6 cm³/mol. The third kappa shape index (κ3) is 2.41. The Morgan fingerprint density at radius 2 is 2.00 bits per heavy atom. The number of ether oxygens (including phenoxy) is 1. The lowest BCUT2D eigenvalue weighted by atomic mass is 10.2. The van der Waals surface area contributed by atoms with E-state index in [0.717, 1.165) is 13.2 Å². The zero-order valence-electron chi connectivity index (χ0n) is 11.2. The number of halogens is 2. The van der Waals surface area contributed by atoms with Crippen LogP contribution in [0.3, 0.4) is 0 Å². The first kappa shape index (κ1) is 15.5. The summed E-state index contributed by atoms with van der Waals surface area (Å²) in [4.78, 5) is 11.9. The van der Waals surface area contributed by atoms with Crippen LogP contribution in [-0.2, 0) is 4.74 Å². The molecule has 110 valence electrons. The maximum Gasteiger partial charge on any atom is 0.357 e. The molecule has 1 heterocycles. The van der Waals surface area contributed by atoms with Crippen LogP contribution in [0.4, 0.5) is 10.1 Å². The van der Waals surface area contributed by atoms with Crippen LogP contribution < -0.4 is 5.73 Å². The van der Waals surface area contributed by atoms with Gasteiger partial charge in [-0.3, -0.25) is 0 Å². The highest BCUT2D eigenvalue weighted by atomic mass is 79.9. The van der Waals surface area contributed by atoms with Crippen LogP contribution in [-0.4, -0.2) is 17.6 Å². The molecule has 0 aliphatic heterocycles. The minimum atomic E-state index is -0.775. The minimum Gasteiger partial charge on any atom is -0.464 e. The SMILES string of the molecule is COC(=O)c1c(N)c(C#N)cn1-c1cc(Br)c(F)cc1C#N. The lowest BCUT2D eigenvalue weighted by Crippen LogP contribution is -2.12. The molecule has 22 heavy (non-hydrogen) atoms. The maximum atomic E-state index is 13.6. The number of anilines is 1. The lowest BCUT2D eigenvalue weighted by Gasteiger charge is -2.11. The summed E-state index contributed by atoms with van der Waals surface area (Å²) in [5.74, 6) is -1.40. The highest BCUT2D eigenvalue weighted by Gasteiger charge is 2.23. The Morgan fingerprint density at radius 3 is 2.55 bits per heavy atom. The van der Waals surface area contributed by atoms with Crippen LogP contribution in [0.1, 0.15) is 21.6 Å². The van der Waals surface area contributed by atoms with Crippen LogP contribution in [0, 0.1) is 28.5 Å².